The Morgan fingerprint density at radius 3 is 2.29 bits per heavy atom. The number of anilines is 1. The molecule has 1 aromatic carbocycles. The van der Waals surface area contributed by atoms with Crippen molar-refractivity contribution >= 4 is 23.3 Å². The number of alkyl halides is 3. The van der Waals surface area contributed by atoms with Crippen LogP contribution in [0.1, 0.15) is 43.7 Å². The van der Waals surface area contributed by atoms with E-state index in [1.54, 1.807) is 0 Å². The second-order valence-electron chi connectivity index (χ2n) is 7.16. The maximum absolute atomic E-state index is 13.4. The first-order chi connectivity index (χ1) is 13.0. The predicted octanol–water partition coefficient (Wildman–Crippen LogP) is 2.82. The van der Waals surface area contributed by atoms with Gasteiger partial charge in [-0.3, -0.25) is 4.79 Å². The highest BCUT2D eigenvalue weighted by Gasteiger charge is 2.39. The maximum atomic E-state index is 13.4. The van der Waals surface area contributed by atoms with Gasteiger partial charge < -0.3 is 22.1 Å². The summed E-state index contributed by atoms with van der Waals surface area (Å²) in [6, 6.07) is 2.82. The van der Waals surface area contributed by atoms with Gasteiger partial charge in [0.25, 0.3) is 5.91 Å². The van der Waals surface area contributed by atoms with Crippen molar-refractivity contribution in [1.29, 1.82) is 0 Å². The summed E-state index contributed by atoms with van der Waals surface area (Å²) in [5.74, 6) is 0.00519. The standard InChI is InChI=1S/C15H18F3N5O.C4H8/c1-8(19)9-4-5-11(10(7-9)15(16,17)18)23-6-2-3-12(23)13(24)22-14(20)21;1-4-2-3-4/h4-5,7,12H,1-3,6,19H2,(H4,20,21,22,24);4H,2-3H2,1H3. The van der Waals surface area contributed by atoms with Gasteiger partial charge in [0.05, 0.1) is 5.56 Å². The monoisotopic (exact) mass is 397 g/mol. The number of benzene rings is 1. The van der Waals surface area contributed by atoms with E-state index >= 15 is 0 Å². The molecule has 9 heteroatoms. The number of guanidine groups is 1. The predicted molar refractivity (Wildman–Crippen MR) is 104 cm³/mol. The molecular formula is C19H26F3N5O. The van der Waals surface area contributed by atoms with Crippen molar-refractivity contribution in [3.05, 3.63) is 35.9 Å². The Balaban J connectivity index is 0.000000620. The lowest BCUT2D eigenvalue weighted by molar-refractivity contribution is -0.137. The number of hydrogen-bond acceptors (Lipinski definition) is 3. The second kappa shape index (κ2) is 8.53. The zero-order valence-corrected chi connectivity index (χ0v) is 15.8. The molecule has 1 saturated heterocycles. The summed E-state index contributed by atoms with van der Waals surface area (Å²) >= 11 is 0. The summed E-state index contributed by atoms with van der Waals surface area (Å²) in [7, 11) is 0. The van der Waals surface area contributed by atoms with E-state index < -0.39 is 29.6 Å². The summed E-state index contributed by atoms with van der Waals surface area (Å²) < 4.78 is 40.3. The Labute approximate surface area is 162 Å². The fourth-order valence-corrected chi connectivity index (χ4v) is 2.89. The molecule has 2 aliphatic rings. The summed E-state index contributed by atoms with van der Waals surface area (Å²) in [5, 5.41) is 0. The molecule has 2 fully saturated rings. The minimum absolute atomic E-state index is 0.0293. The van der Waals surface area contributed by atoms with E-state index in [1.165, 1.54) is 29.9 Å². The molecule has 6 N–H and O–H groups in total. The molecule has 1 atom stereocenters. The first-order valence-corrected chi connectivity index (χ1v) is 9.06. The first-order valence-electron chi connectivity index (χ1n) is 9.06. The molecule has 6 nitrogen and oxygen atoms in total. The molecule has 1 unspecified atom stereocenters. The molecule has 28 heavy (non-hydrogen) atoms. The molecule has 1 saturated carbocycles. The highest BCUT2D eigenvalue weighted by molar-refractivity contribution is 5.96. The van der Waals surface area contributed by atoms with Crippen LogP contribution in [0.4, 0.5) is 18.9 Å². The van der Waals surface area contributed by atoms with Crippen LogP contribution in [0.15, 0.2) is 29.8 Å². The van der Waals surface area contributed by atoms with Crippen molar-refractivity contribution in [2.24, 2.45) is 28.1 Å². The summed E-state index contributed by atoms with van der Waals surface area (Å²) in [4.78, 5) is 16.9. The van der Waals surface area contributed by atoms with Crippen molar-refractivity contribution < 1.29 is 18.0 Å². The summed E-state index contributed by atoms with van der Waals surface area (Å²) in [5.41, 5.74) is 15.1. The molecule has 0 radical (unpaired) electrons. The minimum atomic E-state index is -4.60. The lowest BCUT2D eigenvalue weighted by Gasteiger charge is -2.28. The number of nitrogens with two attached hydrogens (primary N) is 3. The zero-order valence-electron chi connectivity index (χ0n) is 15.8. The van der Waals surface area contributed by atoms with Crippen molar-refractivity contribution in [2.75, 3.05) is 11.4 Å². The first kappa shape index (κ1) is 21.6. The molecule has 1 aliphatic heterocycles. The number of aliphatic imine (C=N–C) groups is 1. The van der Waals surface area contributed by atoms with E-state index in [-0.39, 0.29) is 16.9 Å². The van der Waals surface area contributed by atoms with Crippen molar-refractivity contribution in [3.63, 3.8) is 0 Å². The summed E-state index contributed by atoms with van der Waals surface area (Å²) in [6.07, 6.45) is -0.704. The zero-order chi connectivity index (χ0) is 21.1. The molecule has 0 aromatic heterocycles. The third kappa shape index (κ3) is 5.64. The third-order valence-corrected chi connectivity index (χ3v) is 4.63. The Hall–Kier alpha value is -2.71. The van der Waals surface area contributed by atoms with Crippen LogP contribution in [0, 0.1) is 5.92 Å². The number of hydrogen-bond donors (Lipinski definition) is 3. The quantitative estimate of drug-likeness (QED) is 0.537. The third-order valence-electron chi connectivity index (χ3n) is 4.63. The Kier molecular flexibility index (Phi) is 6.58. The highest BCUT2D eigenvalue weighted by atomic mass is 19.4. The van der Waals surface area contributed by atoms with E-state index in [0.29, 0.717) is 19.4 Å². The van der Waals surface area contributed by atoms with Gasteiger partial charge in [-0.05, 0) is 36.5 Å². The molecule has 0 spiro atoms. The number of halogens is 3. The molecule has 1 amide bonds. The number of rotatable bonds is 3. The molecule has 154 valence electrons. The van der Waals surface area contributed by atoms with Crippen LogP contribution in [0.5, 0.6) is 0 Å². The highest BCUT2D eigenvalue weighted by Crippen LogP contribution is 2.40. The van der Waals surface area contributed by atoms with Crippen molar-refractivity contribution in [2.45, 2.75) is 44.8 Å². The molecular weight excluding hydrogens is 371 g/mol. The van der Waals surface area contributed by atoms with Gasteiger partial charge in [0, 0.05) is 17.9 Å². The molecule has 3 rings (SSSR count). The smallest absolute Gasteiger partial charge is 0.399 e. The van der Waals surface area contributed by atoms with Gasteiger partial charge in [0.1, 0.15) is 6.04 Å². The van der Waals surface area contributed by atoms with Gasteiger partial charge in [-0.15, -0.1) is 0 Å². The number of nitrogens with zero attached hydrogens (tertiary/aromatic N) is 2. The van der Waals surface area contributed by atoms with Crippen LogP contribution in [-0.2, 0) is 11.0 Å². The van der Waals surface area contributed by atoms with E-state index in [9.17, 15) is 18.0 Å². The average Bonchev–Trinajstić information content (AvgIpc) is 3.22. The largest absolute Gasteiger partial charge is 0.418 e. The fourth-order valence-electron chi connectivity index (χ4n) is 2.89. The SMILES string of the molecule is C=C(N)c1ccc(N2CCCC2C(=O)N=C(N)N)c(C(F)(F)F)c1.CC1CC1. The lowest BCUT2D eigenvalue weighted by Crippen LogP contribution is -2.38. The van der Waals surface area contributed by atoms with Gasteiger partial charge in [-0.2, -0.15) is 18.2 Å². The van der Waals surface area contributed by atoms with Crippen LogP contribution in [0.2, 0.25) is 0 Å². The number of amides is 1. The van der Waals surface area contributed by atoms with Gasteiger partial charge >= 0.3 is 6.18 Å². The van der Waals surface area contributed by atoms with Crippen LogP contribution < -0.4 is 22.1 Å². The van der Waals surface area contributed by atoms with Crippen molar-refractivity contribution in [3.8, 4) is 0 Å². The van der Waals surface area contributed by atoms with E-state index in [2.05, 4.69) is 18.5 Å². The Bertz CT molecular complexity index is 767. The van der Waals surface area contributed by atoms with Gasteiger partial charge in [0.15, 0.2) is 5.96 Å². The van der Waals surface area contributed by atoms with E-state index in [1.807, 2.05) is 0 Å². The molecule has 1 aromatic rings. The topological polar surface area (TPSA) is 111 Å². The van der Waals surface area contributed by atoms with Gasteiger partial charge in [-0.1, -0.05) is 32.4 Å². The summed E-state index contributed by atoms with van der Waals surface area (Å²) in [6.45, 7) is 6.02. The van der Waals surface area contributed by atoms with Crippen LogP contribution >= 0.6 is 0 Å². The average molecular weight is 397 g/mol. The Morgan fingerprint density at radius 1 is 1.21 bits per heavy atom. The second-order valence-corrected chi connectivity index (χ2v) is 7.16. The van der Waals surface area contributed by atoms with E-state index in [4.69, 9.17) is 17.2 Å². The maximum Gasteiger partial charge on any atom is 0.418 e. The number of carbonyl (C=O) groups is 1. The van der Waals surface area contributed by atoms with Crippen molar-refractivity contribution in [1.82, 2.24) is 0 Å². The Morgan fingerprint density at radius 2 is 1.82 bits per heavy atom. The fraction of sp³-hybridized carbons (Fsp3) is 0.474. The van der Waals surface area contributed by atoms with Crippen LogP contribution in [0.25, 0.3) is 5.70 Å². The molecule has 1 heterocycles. The van der Waals surface area contributed by atoms with Crippen LogP contribution in [-0.4, -0.2) is 24.5 Å². The molecule has 0 bridgehead atoms. The lowest BCUT2D eigenvalue weighted by atomic mass is 10.0. The van der Waals surface area contributed by atoms with E-state index in [0.717, 1.165) is 12.0 Å². The molecule has 1 aliphatic carbocycles. The van der Waals surface area contributed by atoms with Gasteiger partial charge in [-0.25, -0.2) is 0 Å². The normalized spacial score (nSPS) is 18.9. The minimum Gasteiger partial charge on any atom is -0.399 e. The number of carbonyl (C=O) groups excluding carboxylic acids is 1. The van der Waals surface area contributed by atoms with Crippen LogP contribution in [0.3, 0.4) is 0 Å². The van der Waals surface area contributed by atoms with Gasteiger partial charge in [0.2, 0.25) is 0 Å².